The minimum Gasteiger partial charge on any atom is -0.396 e. The van der Waals surface area contributed by atoms with Gasteiger partial charge >= 0.3 is 0 Å². The van der Waals surface area contributed by atoms with E-state index in [4.69, 9.17) is 9.97 Å². The summed E-state index contributed by atoms with van der Waals surface area (Å²) >= 11 is 1.56. The summed E-state index contributed by atoms with van der Waals surface area (Å²) in [5.74, 6) is 0.709. The van der Waals surface area contributed by atoms with E-state index >= 15 is 0 Å². The molecule has 176 valence electrons. The molecule has 9 nitrogen and oxygen atoms in total. The van der Waals surface area contributed by atoms with E-state index in [2.05, 4.69) is 27.6 Å². The predicted molar refractivity (Wildman–Crippen MR) is 129 cm³/mol. The fraction of sp³-hybridized carbons (Fsp3) is 0.522. The average molecular weight is 471 g/mol. The first-order chi connectivity index (χ1) is 16.0. The molecule has 33 heavy (non-hydrogen) atoms. The number of para-hydroxylation sites is 1. The topological polar surface area (TPSA) is 127 Å². The second-order valence-corrected chi connectivity index (χ2v) is 10.1. The van der Waals surface area contributed by atoms with E-state index in [-0.39, 0.29) is 18.6 Å². The van der Waals surface area contributed by atoms with Crippen molar-refractivity contribution < 1.29 is 15.3 Å². The second kappa shape index (κ2) is 9.47. The molecule has 0 bridgehead atoms. The first-order valence-corrected chi connectivity index (χ1v) is 12.2. The van der Waals surface area contributed by atoms with E-state index in [1.165, 1.54) is 0 Å². The highest BCUT2D eigenvalue weighted by atomic mass is 32.1. The molecule has 2 aromatic heterocycles. The number of aliphatic hydroxyl groups is 3. The maximum absolute atomic E-state index is 10.6. The number of thiazole rings is 1. The Morgan fingerprint density at radius 2 is 2.00 bits per heavy atom. The molecule has 1 aliphatic carbocycles. The highest BCUT2D eigenvalue weighted by Gasteiger charge is 2.41. The molecule has 3 heterocycles. The van der Waals surface area contributed by atoms with Crippen LogP contribution >= 0.6 is 11.3 Å². The number of likely N-dealkylation sites (tertiary alicyclic amines) is 1. The van der Waals surface area contributed by atoms with E-state index < -0.39 is 18.2 Å². The number of piperidine rings is 1. The first kappa shape index (κ1) is 22.4. The molecule has 1 aliphatic heterocycles. The van der Waals surface area contributed by atoms with Gasteiger partial charge in [-0.15, -0.1) is 11.3 Å². The van der Waals surface area contributed by atoms with Gasteiger partial charge in [0.25, 0.3) is 0 Å². The third kappa shape index (κ3) is 4.67. The van der Waals surface area contributed by atoms with Crippen LogP contribution in [0, 0.1) is 5.92 Å². The normalized spacial score (nSPS) is 28.3. The molecular formula is C23H30N6O3S. The number of nitrogens with one attached hydrogen (secondary N) is 2. The summed E-state index contributed by atoms with van der Waals surface area (Å²) in [5, 5.41) is 37.9. The number of rotatable bonds is 6. The maximum Gasteiger partial charge on any atom is 0.224 e. The quantitative estimate of drug-likeness (QED) is 0.366. The Hall–Kier alpha value is -2.37. The van der Waals surface area contributed by atoms with Crippen molar-refractivity contribution in [3.05, 3.63) is 30.5 Å². The largest absolute Gasteiger partial charge is 0.396 e. The van der Waals surface area contributed by atoms with Crippen molar-refractivity contribution in [3.63, 3.8) is 0 Å². The Labute approximate surface area is 196 Å². The molecular weight excluding hydrogens is 440 g/mol. The van der Waals surface area contributed by atoms with Crippen LogP contribution in [0.1, 0.15) is 19.3 Å². The van der Waals surface area contributed by atoms with Gasteiger partial charge in [0.1, 0.15) is 16.9 Å². The van der Waals surface area contributed by atoms with E-state index in [9.17, 15) is 15.3 Å². The van der Waals surface area contributed by atoms with Crippen molar-refractivity contribution in [1.82, 2.24) is 19.9 Å². The Kier molecular flexibility index (Phi) is 6.44. The number of fused-ring (bicyclic) bond motifs is 1. The van der Waals surface area contributed by atoms with Gasteiger partial charge in [0.15, 0.2) is 0 Å². The van der Waals surface area contributed by atoms with Gasteiger partial charge in [-0.3, -0.25) is 0 Å². The van der Waals surface area contributed by atoms with Crippen molar-refractivity contribution in [3.8, 4) is 10.6 Å². The fourth-order valence-electron chi connectivity index (χ4n) is 4.80. The second-order valence-electron chi connectivity index (χ2n) is 9.10. The lowest BCUT2D eigenvalue weighted by Crippen LogP contribution is -2.40. The molecule has 2 aliphatic rings. The molecule has 1 unspecified atom stereocenters. The summed E-state index contributed by atoms with van der Waals surface area (Å²) in [5.41, 5.74) is 1.66. The molecule has 1 aromatic carbocycles. The van der Waals surface area contributed by atoms with Crippen LogP contribution in [0.4, 0.5) is 11.8 Å². The summed E-state index contributed by atoms with van der Waals surface area (Å²) < 4.78 is 1.07. The van der Waals surface area contributed by atoms with Gasteiger partial charge in [0, 0.05) is 31.3 Å². The zero-order chi connectivity index (χ0) is 22.9. The lowest BCUT2D eigenvalue weighted by molar-refractivity contribution is 0.00446. The summed E-state index contributed by atoms with van der Waals surface area (Å²) in [6.07, 6.45) is 2.42. The van der Waals surface area contributed by atoms with Crippen LogP contribution in [-0.2, 0) is 0 Å². The molecule has 5 N–H and O–H groups in total. The number of nitrogens with zero attached hydrogens (tertiary/aromatic N) is 4. The zero-order valence-corrected chi connectivity index (χ0v) is 19.4. The average Bonchev–Trinajstić information content (AvgIpc) is 3.35. The van der Waals surface area contributed by atoms with Crippen molar-refractivity contribution in [1.29, 1.82) is 0 Å². The van der Waals surface area contributed by atoms with E-state index in [0.29, 0.717) is 18.2 Å². The third-order valence-corrected chi connectivity index (χ3v) is 7.70. The van der Waals surface area contributed by atoms with Crippen LogP contribution in [0.15, 0.2) is 30.5 Å². The van der Waals surface area contributed by atoms with Gasteiger partial charge in [-0.2, -0.15) is 4.98 Å². The number of aromatic nitrogens is 3. The van der Waals surface area contributed by atoms with Gasteiger partial charge in [0.2, 0.25) is 5.95 Å². The number of hydrogen-bond donors (Lipinski definition) is 5. The fourth-order valence-corrected chi connectivity index (χ4v) is 5.77. The van der Waals surface area contributed by atoms with Crippen molar-refractivity contribution in [2.75, 3.05) is 37.4 Å². The van der Waals surface area contributed by atoms with E-state index in [1.807, 2.05) is 24.3 Å². The van der Waals surface area contributed by atoms with Crippen LogP contribution in [0.25, 0.3) is 20.8 Å². The van der Waals surface area contributed by atoms with Crippen molar-refractivity contribution in [2.45, 2.75) is 43.6 Å². The Balaban J connectivity index is 1.47. The molecule has 5 atom stereocenters. The van der Waals surface area contributed by atoms with Crippen LogP contribution in [0.5, 0.6) is 0 Å². The first-order valence-electron chi connectivity index (χ1n) is 11.4. The molecule has 10 heteroatoms. The number of anilines is 2. The molecule has 3 aromatic rings. The molecule has 5 rings (SSSR count). The van der Waals surface area contributed by atoms with Crippen LogP contribution in [-0.4, -0.2) is 86.2 Å². The Morgan fingerprint density at radius 1 is 1.15 bits per heavy atom. The van der Waals surface area contributed by atoms with Crippen molar-refractivity contribution in [2.24, 2.45) is 5.92 Å². The summed E-state index contributed by atoms with van der Waals surface area (Å²) in [7, 11) is 2.11. The maximum atomic E-state index is 10.6. The molecule has 2 fully saturated rings. The SMILES string of the molecule is CN1CCCC(Nc2ncc(-c3nc4ccccc4s3)c(N[C@@H]3C[C@H](CO)[C@@H](O)[C@H]3O)n2)C1. The number of likely N-dealkylation sites (N-methyl/N-ethyl adjacent to an activating group) is 1. The smallest absolute Gasteiger partial charge is 0.224 e. The number of hydrogen-bond acceptors (Lipinski definition) is 10. The van der Waals surface area contributed by atoms with Crippen LogP contribution in [0.3, 0.4) is 0 Å². The van der Waals surface area contributed by atoms with E-state index in [0.717, 1.165) is 46.7 Å². The minimum atomic E-state index is -0.997. The monoisotopic (exact) mass is 470 g/mol. The Morgan fingerprint density at radius 3 is 2.76 bits per heavy atom. The summed E-state index contributed by atoms with van der Waals surface area (Å²) in [6, 6.07) is 7.78. The van der Waals surface area contributed by atoms with E-state index in [1.54, 1.807) is 17.5 Å². The molecule has 0 amide bonds. The highest BCUT2D eigenvalue weighted by Crippen LogP contribution is 2.36. The van der Waals surface area contributed by atoms with Gasteiger partial charge in [-0.05, 0) is 45.0 Å². The predicted octanol–water partition coefficient (Wildman–Crippen LogP) is 1.77. The van der Waals surface area contributed by atoms with Gasteiger partial charge in [-0.25, -0.2) is 9.97 Å². The van der Waals surface area contributed by atoms with Crippen LogP contribution in [0.2, 0.25) is 0 Å². The summed E-state index contributed by atoms with van der Waals surface area (Å²) in [6.45, 7) is 1.85. The number of aliphatic hydroxyl groups excluding tert-OH is 3. The van der Waals surface area contributed by atoms with Gasteiger partial charge in [-0.1, -0.05) is 12.1 Å². The highest BCUT2D eigenvalue weighted by molar-refractivity contribution is 7.21. The minimum absolute atomic E-state index is 0.174. The van der Waals surface area contributed by atoms with Crippen LogP contribution < -0.4 is 10.6 Å². The summed E-state index contributed by atoms with van der Waals surface area (Å²) in [4.78, 5) is 16.4. The zero-order valence-electron chi connectivity index (χ0n) is 18.6. The van der Waals surface area contributed by atoms with Crippen molar-refractivity contribution >= 4 is 33.3 Å². The molecule has 1 saturated heterocycles. The molecule has 1 saturated carbocycles. The number of benzene rings is 1. The van der Waals surface area contributed by atoms with Gasteiger partial charge < -0.3 is 30.9 Å². The molecule has 0 radical (unpaired) electrons. The lowest BCUT2D eigenvalue weighted by atomic mass is 10.1. The standard InChI is InChI=1S/C23H30N6O3S/c1-29-8-4-5-14(11-29)25-23-24-10-15(22-27-16-6-2-3-7-18(16)33-22)21(28-23)26-17-9-13(12-30)19(31)20(17)32/h2-3,6-7,10,13-14,17,19-20,30-32H,4-5,8-9,11-12H2,1H3,(H2,24,25,26,28)/t13-,14?,17-,19-,20+/m1/s1. The third-order valence-electron chi connectivity index (χ3n) is 6.63. The molecule has 0 spiro atoms. The lowest BCUT2D eigenvalue weighted by Gasteiger charge is -2.30. The Bertz CT molecular complexity index is 1080. The van der Waals surface area contributed by atoms with Gasteiger partial charge in [0.05, 0.1) is 27.9 Å².